The van der Waals surface area contributed by atoms with Crippen LogP contribution in [0.25, 0.3) is 5.69 Å². The molecule has 0 saturated carbocycles. The van der Waals surface area contributed by atoms with Crippen LogP contribution in [0.15, 0.2) is 48.7 Å². The van der Waals surface area contributed by atoms with E-state index in [0.29, 0.717) is 23.7 Å². The molecular weight excluding hydrogens is 316 g/mol. The van der Waals surface area contributed by atoms with Crippen LogP contribution in [0.5, 0.6) is 5.88 Å². The Kier molecular flexibility index (Phi) is 4.79. The van der Waals surface area contributed by atoms with Gasteiger partial charge in [0.1, 0.15) is 0 Å². The van der Waals surface area contributed by atoms with E-state index in [2.05, 4.69) is 15.4 Å². The van der Waals surface area contributed by atoms with Crippen LogP contribution in [-0.2, 0) is 0 Å². The third-order valence-corrected chi connectivity index (χ3v) is 3.68. The van der Waals surface area contributed by atoms with Crippen molar-refractivity contribution in [3.8, 4) is 11.6 Å². The number of carbonyl (C=O) groups is 1. The first-order valence-electron chi connectivity index (χ1n) is 8.11. The van der Waals surface area contributed by atoms with Crippen LogP contribution in [0.3, 0.4) is 0 Å². The molecule has 0 aliphatic rings. The Labute approximate surface area is 146 Å². The topological polar surface area (TPSA) is 69.0 Å². The van der Waals surface area contributed by atoms with Crippen molar-refractivity contribution in [2.75, 3.05) is 11.9 Å². The zero-order valence-corrected chi connectivity index (χ0v) is 14.5. The number of pyridine rings is 1. The van der Waals surface area contributed by atoms with Gasteiger partial charge in [-0.2, -0.15) is 5.10 Å². The molecule has 6 nitrogen and oxygen atoms in total. The molecule has 0 aliphatic carbocycles. The molecule has 0 saturated heterocycles. The summed E-state index contributed by atoms with van der Waals surface area (Å²) in [6, 6.07) is 12.9. The van der Waals surface area contributed by atoms with E-state index in [1.165, 1.54) is 6.20 Å². The van der Waals surface area contributed by atoms with Gasteiger partial charge in [0.15, 0.2) is 0 Å². The van der Waals surface area contributed by atoms with Gasteiger partial charge in [-0.25, -0.2) is 9.67 Å². The lowest BCUT2D eigenvalue weighted by Crippen LogP contribution is -2.14. The lowest BCUT2D eigenvalue weighted by atomic mass is 10.2. The number of para-hydroxylation sites is 2. The van der Waals surface area contributed by atoms with Crippen molar-refractivity contribution in [2.24, 2.45) is 0 Å². The number of hydrogen-bond donors (Lipinski definition) is 1. The highest BCUT2D eigenvalue weighted by Gasteiger charge is 2.13. The largest absolute Gasteiger partial charge is 0.478 e. The van der Waals surface area contributed by atoms with Crippen LogP contribution in [0.2, 0.25) is 0 Å². The molecule has 0 unspecified atom stereocenters. The molecule has 3 rings (SSSR count). The smallest absolute Gasteiger partial charge is 0.257 e. The Morgan fingerprint density at radius 3 is 2.64 bits per heavy atom. The molecule has 1 aromatic carbocycles. The quantitative estimate of drug-likeness (QED) is 0.774. The Morgan fingerprint density at radius 1 is 1.20 bits per heavy atom. The predicted octanol–water partition coefficient (Wildman–Crippen LogP) is 3.54. The summed E-state index contributed by atoms with van der Waals surface area (Å²) in [5.41, 5.74) is 3.90. The van der Waals surface area contributed by atoms with E-state index in [9.17, 15) is 4.79 Å². The Hall–Kier alpha value is -3.15. The zero-order valence-electron chi connectivity index (χ0n) is 14.5. The number of ether oxygens (including phenoxy) is 1. The second kappa shape index (κ2) is 7.17. The van der Waals surface area contributed by atoms with Gasteiger partial charge in [-0.15, -0.1) is 0 Å². The van der Waals surface area contributed by atoms with Gasteiger partial charge in [0.25, 0.3) is 5.91 Å². The van der Waals surface area contributed by atoms with Crippen molar-refractivity contribution in [3.63, 3.8) is 0 Å². The maximum absolute atomic E-state index is 12.5. The molecule has 2 heterocycles. The predicted molar refractivity (Wildman–Crippen MR) is 96.4 cm³/mol. The molecule has 1 amide bonds. The maximum atomic E-state index is 12.5. The van der Waals surface area contributed by atoms with Crippen molar-refractivity contribution in [3.05, 3.63) is 65.6 Å². The minimum Gasteiger partial charge on any atom is -0.478 e. The van der Waals surface area contributed by atoms with E-state index in [0.717, 1.165) is 17.1 Å². The van der Waals surface area contributed by atoms with Crippen LogP contribution in [0.1, 0.15) is 28.7 Å². The molecular formula is C19H20N4O2. The number of hydrogen-bond acceptors (Lipinski definition) is 4. The number of nitrogens with zero attached hydrogens (tertiary/aromatic N) is 3. The maximum Gasteiger partial charge on any atom is 0.257 e. The fraction of sp³-hybridized carbons (Fsp3) is 0.211. The van der Waals surface area contributed by atoms with Gasteiger partial charge in [-0.05, 0) is 45.0 Å². The van der Waals surface area contributed by atoms with Crippen molar-refractivity contribution < 1.29 is 9.53 Å². The second-order valence-electron chi connectivity index (χ2n) is 5.63. The van der Waals surface area contributed by atoms with Gasteiger partial charge in [0.2, 0.25) is 5.88 Å². The summed E-state index contributed by atoms with van der Waals surface area (Å²) in [5.74, 6) is 0.270. The minimum absolute atomic E-state index is 0.232. The first-order chi connectivity index (χ1) is 12.1. The van der Waals surface area contributed by atoms with E-state index in [4.69, 9.17) is 4.74 Å². The van der Waals surface area contributed by atoms with E-state index in [-0.39, 0.29) is 5.91 Å². The summed E-state index contributed by atoms with van der Waals surface area (Å²) in [4.78, 5) is 16.7. The van der Waals surface area contributed by atoms with Gasteiger partial charge < -0.3 is 10.1 Å². The van der Waals surface area contributed by atoms with Crippen molar-refractivity contribution in [1.82, 2.24) is 14.8 Å². The Bertz CT molecular complexity index is 885. The van der Waals surface area contributed by atoms with Gasteiger partial charge in [-0.3, -0.25) is 4.79 Å². The molecule has 0 radical (unpaired) electrons. The lowest BCUT2D eigenvalue weighted by molar-refractivity contribution is 0.102. The van der Waals surface area contributed by atoms with E-state index in [1.807, 2.05) is 55.8 Å². The molecule has 1 N–H and O–H groups in total. The number of rotatable bonds is 5. The molecule has 128 valence electrons. The molecule has 25 heavy (non-hydrogen) atoms. The summed E-state index contributed by atoms with van der Waals surface area (Å²) in [5, 5.41) is 7.42. The van der Waals surface area contributed by atoms with Crippen LogP contribution >= 0.6 is 0 Å². The fourth-order valence-corrected chi connectivity index (χ4v) is 2.58. The Balaban J connectivity index is 1.86. The minimum atomic E-state index is -0.232. The highest BCUT2D eigenvalue weighted by molar-refractivity contribution is 6.05. The number of aryl methyl sites for hydroxylation is 2. The molecule has 0 aliphatic heterocycles. The number of carbonyl (C=O) groups excluding carboxylic acids is 1. The highest BCUT2D eigenvalue weighted by Crippen LogP contribution is 2.22. The third-order valence-electron chi connectivity index (χ3n) is 3.68. The van der Waals surface area contributed by atoms with Gasteiger partial charge in [0.05, 0.1) is 29.2 Å². The molecule has 0 atom stereocenters. The standard InChI is InChI=1S/C19H20N4O2/c1-4-25-18-10-9-15(12-20-18)19(24)21-16-7-5-6-8-17(16)23-14(3)11-13(2)22-23/h5-12H,4H2,1-3H3,(H,21,24). The fourth-order valence-electron chi connectivity index (χ4n) is 2.58. The number of nitrogens with one attached hydrogen (secondary N) is 1. The molecule has 0 spiro atoms. The molecule has 3 aromatic rings. The van der Waals surface area contributed by atoms with Crippen LogP contribution in [-0.4, -0.2) is 27.3 Å². The van der Waals surface area contributed by atoms with Gasteiger partial charge in [0, 0.05) is 18.0 Å². The van der Waals surface area contributed by atoms with Crippen molar-refractivity contribution in [1.29, 1.82) is 0 Å². The SMILES string of the molecule is CCOc1ccc(C(=O)Nc2ccccc2-n2nc(C)cc2C)cn1. The summed E-state index contributed by atoms with van der Waals surface area (Å²) in [7, 11) is 0. The van der Waals surface area contributed by atoms with Gasteiger partial charge in [-0.1, -0.05) is 12.1 Å². The van der Waals surface area contributed by atoms with E-state index >= 15 is 0 Å². The number of benzene rings is 1. The van der Waals surface area contributed by atoms with Crippen molar-refractivity contribution >= 4 is 11.6 Å². The molecule has 0 fully saturated rings. The number of amides is 1. The van der Waals surface area contributed by atoms with E-state index in [1.54, 1.807) is 12.1 Å². The zero-order chi connectivity index (χ0) is 17.8. The first kappa shape index (κ1) is 16.7. The van der Waals surface area contributed by atoms with Gasteiger partial charge >= 0.3 is 0 Å². The molecule has 0 bridgehead atoms. The number of aromatic nitrogens is 3. The normalized spacial score (nSPS) is 10.5. The van der Waals surface area contributed by atoms with Crippen LogP contribution in [0, 0.1) is 13.8 Å². The third kappa shape index (κ3) is 3.68. The summed E-state index contributed by atoms with van der Waals surface area (Å²) in [6.07, 6.45) is 1.51. The second-order valence-corrected chi connectivity index (χ2v) is 5.63. The number of anilines is 1. The molecule has 2 aromatic heterocycles. The average molecular weight is 336 g/mol. The Morgan fingerprint density at radius 2 is 2.00 bits per heavy atom. The van der Waals surface area contributed by atoms with Crippen LogP contribution in [0.4, 0.5) is 5.69 Å². The monoisotopic (exact) mass is 336 g/mol. The summed E-state index contributed by atoms with van der Waals surface area (Å²) >= 11 is 0. The highest BCUT2D eigenvalue weighted by atomic mass is 16.5. The summed E-state index contributed by atoms with van der Waals surface area (Å²) < 4.78 is 7.12. The summed E-state index contributed by atoms with van der Waals surface area (Å²) in [6.45, 7) is 6.35. The first-order valence-corrected chi connectivity index (χ1v) is 8.11. The van der Waals surface area contributed by atoms with E-state index < -0.39 is 0 Å². The van der Waals surface area contributed by atoms with Crippen LogP contribution < -0.4 is 10.1 Å². The average Bonchev–Trinajstić information content (AvgIpc) is 2.94. The van der Waals surface area contributed by atoms with Crippen molar-refractivity contribution in [2.45, 2.75) is 20.8 Å². The lowest BCUT2D eigenvalue weighted by Gasteiger charge is -2.12. The molecule has 6 heteroatoms.